The van der Waals surface area contributed by atoms with Gasteiger partial charge in [-0.05, 0) is 32.4 Å². The highest BCUT2D eigenvalue weighted by Gasteiger charge is 2.18. The third-order valence-corrected chi connectivity index (χ3v) is 3.18. The minimum Gasteiger partial charge on any atom is -0.382 e. The van der Waals surface area contributed by atoms with Crippen LogP contribution in [0.15, 0.2) is 36.7 Å². The lowest BCUT2D eigenvalue weighted by molar-refractivity contribution is 0.0934. The number of aromatic amines is 1. The van der Waals surface area contributed by atoms with Crippen molar-refractivity contribution >= 4 is 11.6 Å². The summed E-state index contributed by atoms with van der Waals surface area (Å²) in [5.74, 6) is 0.683. The molecule has 1 atom stereocenters. The third kappa shape index (κ3) is 3.84. The normalized spacial score (nSPS) is 12.2. The van der Waals surface area contributed by atoms with Crippen LogP contribution >= 0.6 is 0 Å². The van der Waals surface area contributed by atoms with Crippen molar-refractivity contribution in [2.24, 2.45) is 0 Å². The predicted octanol–water partition coefficient (Wildman–Crippen LogP) is 3.11. The molecule has 3 N–H and O–H groups in total. The molecule has 0 saturated carbocycles. The lowest BCUT2D eigenvalue weighted by Crippen LogP contribution is -2.29. The van der Waals surface area contributed by atoms with Crippen LogP contribution in [0, 0.1) is 0 Å². The molecular weight excluding hydrogens is 264 g/mol. The fourth-order valence-electron chi connectivity index (χ4n) is 2.19. The third-order valence-electron chi connectivity index (χ3n) is 3.18. The van der Waals surface area contributed by atoms with E-state index in [0.29, 0.717) is 5.56 Å². The first-order valence-electron chi connectivity index (χ1n) is 7.27. The maximum absolute atomic E-state index is 12.5. The number of hydrogen-bond acceptors (Lipinski definition) is 3. The fraction of sp³-hybridized carbons (Fsp3) is 0.375. The van der Waals surface area contributed by atoms with E-state index in [1.807, 2.05) is 45.0 Å². The molecule has 2 aromatic rings. The van der Waals surface area contributed by atoms with Crippen LogP contribution in [0.2, 0.25) is 0 Å². The molecule has 0 spiro atoms. The fourth-order valence-corrected chi connectivity index (χ4v) is 2.19. The highest BCUT2D eigenvalue weighted by atomic mass is 16.1. The lowest BCUT2D eigenvalue weighted by atomic mass is 10.1. The van der Waals surface area contributed by atoms with Gasteiger partial charge in [0.15, 0.2) is 0 Å². The zero-order chi connectivity index (χ0) is 15.2. The molecule has 2 rings (SSSR count). The predicted molar refractivity (Wildman–Crippen MR) is 84.3 cm³/mol. The monoisotopic (exact) mass is 286 g/mol. The minimum atomic E-state index is -0.111. The van der Waals surface area contributed by atoms with Gasteiger partial charge in [-0.15, -0.1) is 0 Å². The Morgan fingerprint density at radius 2 is 2.10 bits per heavy atom. The Kier molecular flexibility index (Phi) is 4.98. The van der Waals surface area contributed by atoms with Crippen LogP contribution in [0.1, 0.15) is 49.4 Å². The second-order valence-corrected chi connectivity index (χ2v) is 5.25. The van der Waals surface area contributed by atoms with Crippen LogP contribution in [0.4, 0.5) is 5.69 Å². The van der Waals surface area contributed by atoms with E-state index in [0.717, 1.165) is 17.9 Å². The van der Waals surface area contributed by atoms with Gasteiger partial charge in [0.2, 0.25) is 0 Å². The molecule has 0 aliphatic rings. The zero-order valence-electron chi connectivity index (χ0n) is 12.7. The summed E-state index contributed by atoms with van der Waals surface area (Å²) < 4.78 is 0. The van der Waals surface area contributed by atoms with Gasteiger partial charge in [0.05, 0.1) is 11.6 Å². The Bertz CT molecular complexity index is 578. The Labute approximate surface area is 125 Å². The van der Waals surface area contributed by atoms with Crippen molar-refractivity contribution in [3.8, 4) is 0 Å². The number of nitrogens with zero attached hydrogens (tertiary/aromatic N) is 1. The van der Waals surface area contributed by atoms with Crippen LogP contribution in [0.3, 0.4) is 0 Å². The average Bonchev–Trinajstić information content (AvgIpc) is 2.98. The number of amides is 1. The summed E-state index contributed by atoms with van der Waals surface area (Å²) in [4.78, 5) is 19.8. The Morgan fingerprint density at radius 1 is 1.33 bits per heavy atom. The molecule has 112 valence electrons. The molecule has 0 aliphatic heterocycles. The molecule has 0 fully saturated rings. The van der Waals surface area contributed by atoms with Crippen molar-refractivity contribution in [2.75, 3.05) is 5.32 Å². The lowest BCUT2D eigenvalue weighted by Gasteiger charge is -2.18. The number of hydrogen-bond donors (Lipinski definition) is 3. The van der Waals surface area contributed by atoms with Gasteiger partial charge >= 0.3 is 0 Å². The Morgan fingerprint density at radius 3 is 2.71 bits per heavy atom. The van der Waals surface area contributed by atoms with Crippen LogP contribution in [0.5, 0.6) is 0 Å². The van der Waals surface area contributed by atoms with Gasteiger partial charge in [0.25, 0.3) is 5.91 Å². The number of anilines is 1. The zero-order valence-corrected chi connectivity index (χ0v) is 12.7. The van der Waals surface area contributed by atoms with Crippen molar-refractivity contribution in [1.82, 2.24) is 15.3 Å². The van der Waals surface area contributed by atoms with Crippen LogP contribution in [-0.2, 0) is 0 Å². The summed E-state index contributed by atoms with van der Waals surface area (Å²) in [6, 6.07) is 7.70. The van der Waals surface area contributed by atoms with Gasteiger partial charge < -0.3 is 15.6 Å². The highest BCUT2D eigenvalue weighted by molar-refractivity contribution is 5.99. The van der Waals surface area contributed by atoms with Gasteiger partial charge in [-0.1, -0.05) is 19.1 Å². The highest BCUT2D eigenvalue weighted by Crippen LogP contribution is 2.18. The Hall–Kier alpha value is -2.30. The summed E-state index contributed by atoms with van der Waals surface area (Å²) in [5.41, 5.74) is 1.50. The SMILES string of the molecule is CCC(NC(=O)c1ccccc1NC(C)C)c1ncc[nH]1. The largest absolute Gasteiger partial charge is 0.382 e. The number of aromatic nitrogens is 2. The second kappa shape index (κ2) is 6.92. The summed E-state index contributed by atoms with van der Waals surface area (Å²) in [6.07, 6.45) is 4.23. The van der Waals surface area contributed by atoms with E-state index in [9.17, 15) is 4.79 Å². The van der Waals surface area contributed by atoms with Gasteiger partial charge in [0, 0.05) is 24.1 Å². The Balaban J connectivity index is 2.16. The minimum absolute atomic E-state index is 0.0954. The summed E-state index contributed by atoms with van der Waals surface area (Å²) in [7, 11) is 0. The molecule has 1 heterocycles. The molecule has 0 radical (unpaired) electrons. The number of H-pyrrole nitrogens is 1. The van der Waals surface area contributed by atoms with E-state index in [1.54, 1.807) is 12.4 Å². The molecule has 1 aromatic carbocycles. The maximum Gasteiger partial charge on any atom is 0.253 e. The van der Waals surface area contributed by atoms with Crippen molar-refractivity contribution in [1.29, 1.82) is 0 Å². The smallest absolute Gasteiger partial charge is 0.253 e. The number of carbonyl (C=O) groups excluding carboxylic acids is 1. The van der Waals surface area contributed by atoms with E-state index in [4.69, 9.17) is 0 Å². The summed E-state index contributed by atoms with van der Waals surface area (Å²) >= 11 is 0. The standard InChI is InChI=1S/C16H22N4O/c1-4-13(15-17-9-10-18-15)20-16(21)12-7-5-6-8-14(12)19-11(2)3/h5-11,13,19H,4H2,1-3H3,(H,17,18)(H,20,21). The molecule has 1 amide bonds. The number of carbonyl (C=O) groups is 1. The van der Waals surface area contributed by atoms with Crippen molar-refractivity contribution < 1.29 is 4.79 Å². The first-order valence-corrected chi connectivity index (χ1v) is 7.27. The van der Waals surface area contributed by atoms with Gasteiger partial charge in [-0.3, -0.25) is 4.79 Å². The van der Waals surface area contributed by atoms with E-state index >= 15 is 0 Å². The number of imidazole rings is 1. The molecular formula is C16H22N4O. The van der Waals surface area contributed by atoms with Crippen LogP contribution in [0.25, 0.3) is 0 Å². The maximum atomic E-state index is 12.5. The van der Waals surface area contributed by atoms with Crippen molar-refractivity contribution in [3.05, 3.63) is 48.0 Å². The van der Waals surface area contributed by atoms with Crippen LogP contribution < -0.4 is 10.6 Å². The number of para-hydroxylation sites is 1. The van der Waals surface area contributed by atoms with Crippen LogP contribution in [-0.4, -0.2) is 21.9 Å². The quantitative estimate of drug-likeness (QED) is 0.764. The first kappa shape index (κ1) is 15.1. The molecule has 21 heavy (non-hydrogen) atoms. The molecule has 5 nitrogen and oxygen atoms in total. The van der Waals surface area contributed by atoms with E-state index in [1.165, 1.54) is 0 Å². The molecule has 1 aromatic heterocycles. The summed E-state index contributed by atoms with van der Waals surface area (Å²) in [5, 5.41) is 6.32. The first-order chi connectivity index (χ1) is 10.1. The van der Waals surface area contributed by atoms with E-state index in [2.05, 4.69) is 20.6 Å². The van der Waals surface area contributed by atoms with Gasteiger partial charge in [0.1, 0.15) is 5.82 Å². The van der Waals surface area contributed by atoms with Gasteiger partial charge in [-0.2, -0.15) is 0 Å². The summed E-state index contributed by atoms with van der Waals surface area (Å²) in [6.45, 7) is 6.12. The molecule has 1 unspecified atom stereocenters. The molecule has 0 saturated heterocycles. The average molecular weight is 286 g/mol. The molecule has 5 heteroatoms. The number of nitrogens with one attached hydrogen (secondary N) is 3. The molecule has 0 bridgehead atoms. The van der Waals surface area contributed by atoms with E-state index < -0.39 is 0 Å². The van der Waals surface area contributed by atoms with Gasteiger partial charge in [-0.25, -0.2) is 4.98 Å². The number of benzene rings is 1. The van der Waals surface area contributed by atoms with Crippen molar-refractivity contribution in [2.45, 2.75) is 39.3 Å². The van der Waals surface area contributed by atoms with Crippen molar-refractivity contribution in [3.63, 3.8) is 0 Å². The second-order valence-electron chi connectivity index (χ2n) is 5.25. The number of rotatable bonds is 6. The molecule has 0 aliphatic carbocycles. The topological polar surface area (TPSA) is 69.8 Å². The van der Waals surface area contributed by atoms with E-state index in [-0.39, 0.29) is 18.0 Å².